The van der Waals surface area contributed by atoms with Crippen molar-refractivity contribution in [3.05, 3.63) is 35.9 Å². The van der Waals surface area contributed by atoms with Crippen LogP contribution in [0.4, 0.5) is 4.79 Å². The fourth-order valence-electron chi connectivity index (χ4n) is 3.75. The second kappa shape index (κ2) is 8.19. The highest BCUT2D eigenvalue weighted by Crippen LogP contribution is 2.33. The van der Waals surface area contributed by atoms with E-state index in [1.54, 1.807) is 0 Å². The number of rotatable bonds is 5. The molecular weight excluding hydrogens is 316 g/mol. The number of urea groups is 1. The first kappa shape index (κ1) is 18.2. The molecule has 2 atom stereocenters. The predicted octanol–water partition coefficient (Wildman–Crippen LogP) is 3.33. The molecule has 2 heterocycles. The smallest absolute Gasteiger partial charge is 0.317 e. The van der Waals surface area contributed by atoms with Crippen LogP contribution in [-0.4, -0.2) is 48.6 Å². The minimum absolute atomic E-state index is 0.0373. The highest BCUT2D eigenvalue weighted by atomic mass is 16.7. The maximum Gasteiger partial charge on any atom is 0.317 e. The Morgan fingerprint density at radius 3 is 2.64 bits per heavy atom. The molecular formula is C20H30N2O3. The molecule has 1 N–H and O–H groups in total. The van der Waals surface area contributed by atoms with Gasteiger partial charge in [-0.1, -0.05) is 43.7 Å². The van der Waals surface area contributed by atoms with Crippen molar-refractivity contribution in [3.63, 3.8) is 0 Å². The largest absolute Gasteiger partial charge is 0.347 e. The molecule has 2 amide bonds. The molecule has 2 fully saturated rings. The summed E-state index contributed by atoms with van der Waals surface area (Å²) in [7, 11) is 0. The van der Waals surface area contributed by atoms with Crippen molar-refractivity contribution in [2.24, 2.45) is 0 Å². The summed E-state index contributed by atoms with van der Waals surface area (Å²) in [6.07, 6.45) is 4.58. The summed E-state index contributed by atoms with van der Waals surface area (Å²) in [5.74, 6) is -0.455. The molecule has 0 saturated carbocycles. The highest BCUT2D eigenvalue weighted by molar-refractivity contribution is 5.74. The average molecular weight is 346 g/mol. The average Bonchev–Trinajstić information content (AvgIpc) is 2.97. The first-order valence-corrected chi connectivity index (χ1v) is 9.51. The van der Waals surface area contributed by atoms with Gasteiger partial charge in [-0.3, -0.25) is 0 Å². The molecule has 1 aromatic rings. The van der Waals surface area contributed by atoms with Crippen LogP contribution in [0.1, 0.15) is 45.1 Å². The van der Waals surface area contributed by atoms with Gasteiger partial charge >= 0.3 is 6.03 Å². The molecule has 0 aromatic heterocycles. The van der Waals surface area contributed by atoms with Gasteiger partial charge in [0.25, 0.3) is 0 Å². The van der Waals surface area contributed by atoms with Gasteiger partial charge in [0.15, 0.2) is 5.79 Å². The molecule has 0 bridgehead atoms. The Morgan fingerprint density at radius 1 is 1.32 bits per heavy atom. The summed E-state index contributed by atoms with van der Waals surface area (Å²) in [4.78, 5) is 14.6. The lowest BCUT2D eigenvalue weighted by Gasteiger charge is -2.38. The van der Waals surface area contributed by atoms with Crippen molar-refractivity contribution >= 4 is 6.03 Å². The zero-order valence-corrected chi connectivity index (χ0v) is 15.4. The maximum absolute atomic E-state index is 12.7. The molecule has 25 heavy (non-hydrogen) atoms. The first-order valence-electron chi connectivity index (χ1n) is 9.51. The third-order valence-electron chi connectivity index (χ3n) is 5.10. The number of benzene rings is 1. The van der Waals surface area contributed by atoms with Gasteiger partial charge in [0.1, 0.15) is 0 Å². The summed E-state index contributed by atoms with van der Waals surface area (Å²) >= 11 is 0. The number of nitrogens with zero attached hydrogens (tertiary/aromatic N) is 1. The van der Waals surface area contributed by atoms with Crippen LogP contribution in [0.3, 0.4) is 0 Å². The van der Waals surface area contributed by atoms with E-state index >= 15 is 0 Å². The number of carbonyl (C=O) groups is 1. The Morgan fingerprint density at radius 2 is 2.04 bits per heavy atom. The van der Waals surface area contributed by atoms with Crippen LogP contribution in [0.5, 0.6) is 0 Å². The molecule has 0 aliphatic carbocycles. The van der Waals surface area contributed by atoms with E-state index in [0.717, 1.165) is 32.1 Å². The second-order valence-electron chi connectivity index (χ2n) is 7.26. The predicted molar refractivity (Wildman–Crippen MR) is 97.4 cm³/mol. The van der Waals surface area contributed by atoms with E-state index in [4.69, 9.17) is 9.47 Å². The molecule has 0 unspecified atom stereocenters. The van der Waals surface area contributed by atoms with Crippen molar-refractivity contribution in [1.29, 1.82) is 0 Å². The Balaban J connectivity index is 1.51. The zero-order valence-electron chi connectivity index (χ0n) is 15.4. The third-order valence-corrected chi connectivity index (χ3v) is 5.10. The molecule has 5 nitrogen and oxygen atoms in total. The SMILES string of the molecule is CCC[C@H](Cc1ccccc1)NC(=O)N1CCC2(CC1)OC[C@@H](C)O2. The number of nitrogens with one attached hydrogen (secondary N) is 1. The fourth-order valence-corrected chi connectivity index (χ4v) is 3.75. The van der Waals surface area contributed by atoms with Gasteiger partial charge in [0.2, 0.25) is 0 Å². The van der Waals surface area contributed by atoms with E-state index in [1.807, 2.05) is 30.0 Å². The van der Waals surface area contributed by atoms with Gasteiger partial charge < -0.3 is 19.7 Å². The van der Waals surface area contributed by atoms with Crippen LogP contribution in [0, 0.1) is 0 Å². The second-order valence-corrected chi connectivity index (χ2v) is 7.26. The van der Waals surface area contributed by atoms with Gasteiger partial charge in [-0.2, -0.15) is 0 Å². The zero-order chi connectivity index (χ0) is 17.7. The van der Waals surface area contributed by atoms with Crippen molar-refractivity contribution < 1.29 is 14.3 Å². The lowest BCUT2D eigenvalue weighted by Crippen LogP contribution is -2.52. The minimum Gasteiger partial charge on any atom is -0.347 e. The number of amides is 2. The van der Waals surface area contributed by atoms with E-state index in [0.29, 0.717) is 19.7 Å². The summed E-state index contributed by atoms with van der Waals surface area (Å²) in [5, 5.41) is 3.23. The van der Waals surface area contributed by atoms with E-state index < -0.39 is 5.79 Å². The molecule has 2 aliphatic heterocycles. The summed E-state index contributed by atoms with van der Waals surface area (Å²) in [6.45, 7) is 6.21. The van der Waals surface area contributed by atoms with E-state index in [2.05, 4.69) is 24.4 Å². The van der Waals surface area contributed by atoms with Gasteiger partial charge in [0.05, 0.1) is 12.7 Å². The Labute approximate surface area is 150 Å². The molecule has 2 aliphatic rings. The van der Waals surface area contributed by atoms with Crippen molar-refractivity contribution in [1.82, 2.24) is 10.2 Å². The van der Waals surface area contributed by atoms with Gasteiger partial charge in [-0.15, -0.1) is 0 Å². The Hall–Kier alpha value is -1.59. The standard InChI is InChI=1S/C20H30N2O3/c1-3-7-18(14-17-8-5-4-6-9-17)21-19(23)22-12-10-20(11-13-22)24-15-16(2)25-20/h4-6,8-9,16,18H,3,7,10-15H2,1-2H3,(H,21,23)/t16-,18-/m1/s1. The van der Waals surface area contributed by atoms with Crippen LogP contribution in [0.25, 0.3) is 0 Å². The monoisotopic (exact) mass is 346 g/mol. The number of piperidine rings is 1. The van der Waals surface area contributed by atoms with E-state index in [9.17, 15) is 4.79 Å². The van der Waals surface area contributed by atoms with E-state index in [1.165, 1.54) is 5.56 Å². The number of hydrogen-bond donors (Lipinski definition) is 1. The Bertz CT molecular complexity index is 555. The van der Waals surface area contributed by atoms with Crippen LogP contribution in [-0.2, 0) is 15.9 Å². The topological polar surface area (TPSA) is 50.8 Å². The molecule has 5 heteroatoms. The molecule has 138 valence electrons. The summed E-state index contributed by atoms with van der Waals surface area (Å²) in [5.41, 5.74) is 1.26. The lowest BCUT2D eigenvalue weighted by molar-refractivity contribution is -0.189. The highest BCUT2D eigenvalue weighted by Gasteiger charge is 2.43. The number of likely N-dealkylation sites (tertiary alicyclic amines) is 1. The molecule has 1 aromatic carbocycles. The molecule has 1 spiro atoms. The number of ether oxygens (including phenoxy) is 2. The van der Waals surface area contributed by atoms with Gasteiger partial charge in [-0.25, -0.2) is 4.79 Å². The maximum atomic E-state index is 12.7. The van der Waals surface area contributed by atoms with Crippen molar-refractivity contribution in [2.75, 3.05) is 19.7 Å². The van der Waals surface area contributed by atoms with E-state index in [-0.39, 0.29) is 18.2 Å². The van der Waals surface area contributed by atoms with Gasteiger partial charge in [0, 0.05) is 32.0 Å². The summed E-state index contributed by atoms with van der Waals surface area (Å²) in [6, 6.07) is 10.6. The molecule has 0 radical (unpaired) electrons. The molecule has 2 saturated heterocycles. The molecule has 3 rings (SSSR count). The fraction of sp³-hybridized carbons (Fsp3) is 0.650. The van der Waals surface area contributed by atoms with Gasteiger partial charge in [-0.05, 0) is 25.3 Å². The van der Waals surface area contributed by atoms with Crippen LogP contribution >= 0.6 is 0 Å². The van der Waals surface area contributed by atoms with Crippen LogP contribution in [0.2, 0.25) is 0 Å². The van der Waals surface area contributed by atoms with Crippen molar-refractivity contribution in [3.8, 4) is 0 Å². The number of hydrogen-bond acceptors (Lipinski definition) is 3. The Kier molecular flexibility index (Phi) is 5.97. The first-order chi connectivity index (χ1) is 12.1. The summed E-state index contributed by atoms with van der Waals surface area (Å²) < 4.78 is 11.8. The lowest BCUT2D eigenvalue weighted by atomic mass is 10.0. The minimum atomic E-state index is -0.455. The normalized spacial score (nSPS) is 23.6. The van der Waals surface area contributed by atoms with Crippen molar-refractivity contribution in [2.45, 2.75) is 63.9 Å². The van der Waals surface area contributed by atoms with Crippen LogP contribution in [0.15, 0.2) is 30.3 Å². The quantitative estimate of drug-likeness (QED) is 0.890. The number of carbonyl (C=O) groups excluding carboxylic acids is 1. The van der Waals surface area contributed by atoms with Crippen LogP contribution < -0.4 is 5.32 Å². The third kappa shape index (κ3) is 4.73.